The zero-order chi connectivity index (χ0) is 22.5. The summed E-state index contributed by atoms with van der Waals surface area (Å²) in [5.41, 5.74) is 5.88. The first kappa shape index (κ1) is 19.3. The maximum absolute atomic E-state index is 15.8. The lowest BCUT2D eigenvalue weighted by atomic mass is 10.1. The summed E-state index contributed by atoms with van der Waals surface area (Å²) in [5, 5.41) is 7.56. The van der Waals surface area contributed by atoms with Gasteiger partial charge in [-0.05, 0) is 24.1 Å². The summed E-state index contributed by atoms with van der Waals surface area (Å²) in [6.45, 7) is 0. The number of hydrogen-bond donors (Lipinski definition) is 2. The predicted molar refractivity (Wildman–Crippen MR) is 126 cm³/mol. The Morgan fingerprint density at radius 2 is 1.94 bits per heavy atom. The van der Waals surface area contributed by atoms with Gasteiger partial charge in [0.15, 0.2) is 11.6 Å². The molecule has 6 rings (SSSR count). The van der Waals surface area contributed by atoms with Crippen LogP contribution < -0.4 is 4.90 Å². The molecule has 0 unspecified atom stereocenters. The molecule has 0 aromatic carbocycles. The van der Waals surface area contributed by atoms with Crippen molar-refractivity contribution in [3.63, 3.8) is 0 Å². The first-order valence-corrected chi connectivity index (χ1v) is 10.5. The number of anilines is 1. The van der Waals surface area contributed by atoms with Gasteiger partial charge in [0.1, 0.15) is 16.9 Å². The number of nitrogens with zero attached hydrogens (tertiary/aromatic N) is 6. The topological polar surface area (TPSA) is 99.3 Å². The lowest BCUT2D eigenvalue weighted by Crippen LogP contribution is -2.09. The van der Waals surface area contributed by atoms with E-state index in [0.29, 0.717) is 28.0 Å². The fourth-order valence-electron chi connectivity index (χ4n) is 4.04. The van der Waals surface area contributed by atoms with Crippen molar-refractivity contribution in [2.45, 2.75) is 6.42 Å². The van der Waals surface area contributed by atoms with Crippen molar-refractivity contribution in [2.75, 3.05) is 19.0 Å². The number of rotatable bonds is 4. The molecule has 0 amide bonds. The number of nitrogens with one attached hydrogen (secondary N) is 2. The number of fused-ring (bicyclic) bond motifs is 2. The summed E-state index contributed by atoms with van der Waals surface area (Å²) in [6, 6.07) is 3.71. The van der Waals surface area contributed by atoms with E-state index in [0.717, 1.165) is 34.4 Å². The number of aromatic amines is 2. The Kier molecular flexibility index (Phi) is 4.29. The average molecular weight is 438 g/mol. The fourth-order valence-corrected chi connectivity index (χ4v) is 4.04. The molecule has 33 heavy (non-hydrogen) atoms. The minimum Gasteiger partial charge on any atom is -0.376 e. The Bertz CT molecular complexity index is 1590. The van der Waals surface area contributed by atoms with Gasteiger partial charge < -0.3 is 9.88 Å². The molecule has 0 spiro atoms. The van der Waals surface area contributed by atoms with E-state index in [1.807, 2.05) is 37.2 Å². The molecule has 0 aliphatic heterocycles. The molecule has 5 aromatic heterocycles. The van der Waals surface area contributed by atoms with E-state index >= 15 is 4.39 Å². The molecular weight excluding hydrogens is 419 g/mol. The highest BCUT2D eigenvalue weighted by molar-refractivity contribution is 5.97. The minimum absolute atomic E-state index is 0.209. The average Bonchev–Trinajstić information content (AvgIpc) is 3.58. The second kappa shape index (κ2) is 7.33. The SMILES string of the molecule is CN(C)c1cncc(-c2ncc3[nH]nc(-c4nc5c(C6=CCC=C6)nccc5[nH]4)c3c2F)c1. The maximum atomic E-state index is 15.8. The van der Waals surface area contributed by atoms with E-state index < -0.39 is 5.82 Å². The standard InChI is InChI=1S/C24H19FN8/c1-33(2)15-9-14(10-26-11-15)20-19(25)18-17(12-28-20)31-32-23(18)24-29-16-7-8-27-21(22(16)30-24)13-5-3-4-6-13/h3,5-12H,4H2,1-2H3,(H,29,30)(H,31,32). The number of allylic oxidation sites excluding steroid dienone is 4. The van der Waals surface area contributed by atoms with Crippen LogP contribution in [0.15, 0.2) is 55.1 Å². The normalized spacial score (nSPS) is 13.2. The molecule has 2 N–H and O–H groups in total. The molecule has 162 valence electrons. The van der Waals surface area contributed by atoms with E-state index in [9.17, 15) is 0 Å². The van der Waals surface area contributed by atoms with Gasteiger partial charge in [-0.1, -0.05) is 18.2 Å². The number of aromatic nitrogens is 7. The van der Waals surface area contributed by atoms with Gasteiger partial charge in [-0.25, -0.2) is 9.37 Å². The third kappa shape index (κ3) is 3.08. The van der Waals surface area contributed by atoms with Gasteiger partial charge in [-0.3, -0.25) is 20.1 Å². The Hall–Kier alpha value is -4.40. The van der Waals surface area contributed by atoms with E-state index in [1.165, 1.54) is 0 Å². The van der Waals surface area contributed by atoms with E-state index in [2.05, 4.69) is 42.3 Å². The fraction of sp³-hybridized carbons (Fsp3) is 0.125. The zero-order valence-corrected chi connectivity index (χ0v) is 18.0. The Morgan fingerprint density at radius 3 is 2.76 bits per heavy atom. The molecule has 1 aliphatic carbocycles. The second-order valence-electron chi connectivity index (χ2n) is 8.05. The van der Waals surface area contributed by atoms with Crippen molar-refractivity contribution in [1.82, 2.24) is 35.1 Å². The molecule has 0 radical (unpaired) electrons. The molecule has 1 aliphatic rings. The van der Waals surface area contributed by atoms with Crippen LogP contribution in [-0.4, -0.2) is 49.2 Å². The quantitative estimate of drug-likeness (QED) is 0.428. The molecular formula is C24H19FN8. The summed E-state index contributed by atoms with van der Waals surface area (Å²) in [4.78, 5) is 23.0. The number of pyridine rings is 3. The Morgan fingerprint density at radius 1 is 1.03 bits per heavy atom. The first-order valence-electron chi connectivity index (χ1n) is 10.5. The van der Waals surface area contributed by atoms with Crippen LogP contribution in [0, 0.1) is 5.82 Å². The van der Waals surface area contributed by atoms with Crippen LogP contribution in [0.1, 0.15) is 12.1 Å². The van der Waals surface area contributed by atoms with Crippen LogP contribution in [0.2, 0.25) is 0 Å². The van der Waals surface area contributed by atoms with Crippen molar-refractivity contribution in [3.8, 4) is 22.8 Å². The summed E-state index contributed by atoms with van der Waals surface area (Å²) in [5.74, 6) is -0.0153. The van der Waals surface area contributed by atoms with Crippen LogP contribution in [0.3, 0.4) is 0 Å². The molecule has 9 heteroatoms. The number of hydrogen-bond acceptors (Lipinski definition) is 6. The molecule has 0 atom stereocenters. The Labute approximate surface area is 187 Å². The number of halogens is 1. The smallest absolute Gasteiger partial charge is 0.161 e. The van der Waals surface area contributed by atoms with Gasteiger partial charge in [0.05, 0.1) is 40.2 Å². The molecule has 0 saturated heterocycles. The van der Waals surface area contributed by atoms with Gasteiger partial charge in [0, 0.05) is 32.1 Å². The van der Waals surface area contributed by atoms with Gasteiger partial charge in [-0.15, -0.1) is 0 Å². The molecule has 0 fully saturated rings. The van der Waals surface area contributed by atoms with Crippen LogP contribution in [0.25, 0.3) is 50.3 Å². The molecule has 5 heterocycles. The molecule has 5 aromatic rings. The number of imidazole rings is 1. The molecule has 8 nitrogen and oxygen atoms in total. The van der Waals surface area contributed by atoms with Crippen molar-refractivity contribution < 1.29 is 4.39 Å². The second-order valence-corrected chi connectivity index (χ2v) is 8.05. The highest BCUT2D eigenvalue weighted by atomic mass is 19.1. The Balaban J connectivity index is 1.52. The summed E-state index contributed by atoms with van der Waals surface area (Å²) < 4.78 is 15.8. The highest BCUT2D eigenvalue weighted by Gasteiger charge is 2.22. The third-order valence-electron chi connectivity index (χ3n) is 5.73. The van der Waals surface area contributed by atoms with Gasteiger partial charge in [0.2, 0.25) is 0 Å². The monoisotopic (exact) mass is 438 g/mol. The zero-order valence-electron chi connectivity index (χ0n) is 18.0. The lowest BCUT2D eigenvalue weighted by Gasteiger charge is -2.13. The highest BCUT2D eigenvalue weighted by Crippen LogP contribution is 2.34. The van der Waals surface area contributed by atoms with E-state index in [4.69, 9.17) is 4.98 Å². The van der Waals surface area contributed by atoms with E-state index in [1.54, 1.807) is 24.8 Å². The van der Waals surface area contributed by atoms with Gasteiger partial charge in [-0.2, -0.15) is 5.10 Å². The van der Waals surface area contributed by atoms with Crippen molar-refractivity contribution in [1.29, 1.82) is 0 Å². The summed E-state index contributed by atoms with van der Waals surface area (Å²) in [7, 11) is 3.81. The molecule has 0 bridgehead atoms. The number of H-pyrrole nitrogens is 2. The maximum Gasteiger partial charge on any atom is 0.161 e. The lowest BCUT2D eigenvalue weighted by molar-refractivity contribution is 0.638. The van der Waals surface area contributed by atoms with Crippen LogP contribution in [0.5, 0.6) is 0 Å². The minimum atomic E-state index is -0.478. The molecule has 0 saturated carbocycles. The van der Waals surface area contributed by atoms with Crippen LogP contribution in [-0.2, 0) is 0 Å². The van der Waals surface area contributed by atoms with Gasteiger partial charge >= 0.3 is 0 Å². The first-order chi connectivity index (χ1) is 16.1. The summed E-state index contributed by atoms with van der Waals surface area (Å²) >= 11 is 0. The van der Waals surface area contributed by atoms with Crippen molar-refractivity contribution in [3.05, 3.63) is 66.7 Å². The van der Waals surface area contributed by atoms with Crippen LogP contribution in [0.4, 0.5) is 10.1 Å². The third-order valence-corrected chi connectivity index (χ3v) is 5.73. The van der Waals surface area contributed by atoms with E-state index in [-0.39, 0.29) is 5.69 Å². The van der Waals surface area contributed by atoms with Gasteiger partial charge in [0.25, 0.3) is 0 Å². The van der Waals surface area contributed by atoms with Crippen LogP contribution >= 0.6 is 0 Å². The summed E-state index contributed by atoms with van der Waals surface area (Å²) in [6.07, 6.45) is 13.7. The van der Waals surface area contributed by atoms with Crippen molar-refractivity contribution >= 4 is 33.2 Å². The predicted octanol–water partition coefficient (Wildman–Crippen LogP) is 4.51. The largest absolute Gasteiger partial charge is 0.376 e. The van der Waals surface area contributed by atoms with Crippen molar-refractivity contribution in [2.24, 2.45) is 0 Å².